The predicted molar refractivity (Wildman–Crippen MR) is 110 cm³/mol. The number of carbonyl (C=O) groups is 3. The molecule has 1 aromatic carbocycles. The minimum atomic E-state index is -0.529. The van der Waals surface area contributed by atoms with Crippen molar-refractivity contribution in [1.82, 2.24) is 15.2 Å². The van der Waals surface area contributed by atoms with Gasteiger partial charge in [0.05, 0.1) is 23.7 Å². The molecule has 3 amide bonds. The van der Waals surface area contributed by atoms with Gasteiger partial charge in [0.1, 0.15) is 11.6 Å². The van der Waals surface area contributed by atoms with Gasteiger partial charge in [-0.1, -0.05) is 6.07 Å². The highest BCUT2D eigenvalue weighted by molar-refractivity contribution is 6.22. The number of nitrogens with one attached hydrogen (secondary N) is 1. The van der Waals surface area contributed by atoms with E-state index in [0.717, 1.165) is 16.7 Å². The number of nitrogens with two attached hydrogens (primary N) is 2. The molecule has 0 spiro atoms. The van der Waals surface area contributed by atoms with Crippen molar-refractivity contribution in [2.24, 2.45) is 11.5 Å². The summed E-state index contributed by atoms with van der Waals surface area (Å²) in [5, 5.41) is 2.49. The Morgan fingerprint density at radius 1 is 1.20 bits per heavy atom. The molecule has 0 fully saturated rings. The molecule has 9 heteroatoms. The number of rotatable bonds is 5. The van der Waals surface area contributed by atoms with E-state index in [1.165, 1.54) is 31.5 Å². The van der Waals surface area contributed by atoms with Crippen LogP contribution in [0.2, 0.25) is 0 Å². The lowest BCUT2D eigenvalue weighted by Crippen LogP contribution is -2.29. The summed E-state index contributed by atoms with van der Waals surface area (Å²) in [5.41, 5.74) is 14.0. The number of aryl methyl sites for hydroxylation is 1. The largest absolute Gasteiger partial charge is 0.398 e. The Balaban J connectivity index is 0.00000341. The van der Waals surface area contributed by atoms with Gasteiger partial charge in [-0.15, -0.1) is 0 Å². The van der Waals surface area contributed by atoms with E-state index in [1.54, 1.807) is 19.1 Å². The van der Waals surface area contributed by atoms with E-state index in [0.29, 0.717) is 11.1 Å². The standard InChI is InChI=1S/C21H20FN5O3.H2/c1-11-5-12(19-15(6-11)20(29)27(2)21(19)30)8-18(28)26-17(24)4-3-16(23)13-7-14(22)10-25-9-13;/h3-7,9-10H,8,23-24H2,1-2H3,(H,26,28);1H/b16-3-,17-4+;. The molecule has 30 heavy (non-hydrogen) atoms. The molecule has 2 aromatic rings. The first-order chi connectivity index (χ1) is 14.2. The zero-order chi connectivity index (χ0) is 22.0. The van der Waals surface area contributed by atoms with E-state index < -0.39 is 23.5 Å². The van der Waals surface area contributed by atoms with Gasteiger partial charge in [0.15, 0.2) is 0 Å². The Hall–Kier alpha value is -4.01. The third-order valence-electron chi connectivity index (χ3n) is 4.53. The smallest absolute Gasteiger partial charge is 0.261 e. The summed E-state index contributed by atoms with van der Waals surface area (Å²) in [7, 11) is 1.40. The molecule has 2 heterocycles. The zero-order valence-corrected chi connectivity index (χ0v) is 16.4. The number of nitrogens with zero attached hydrogens (tertiary/aromatic N) is 2. The highest BCUT2D eigenvalue weighted by Gasteiger charge is 2.35. The topological polar surface area (TPSA) is 131 Å². The summed E-state index contributed by atoms with van der Waals surface area (Å²) in [6.45, 7) is 1.78. The van der Waals surface area contributed by atoms with Gasteiger partial charge in [0.25, 0.3) is 11.8 Å². The molecular formula is C21H22FN5O3. The number of carbonyl (C=O) groups excluding carboxylic acids is 3. The lowest BCUT2D eigenvalue weighted by Gasteiger charge is -2.09. The van der Waals surface area contributed by atoms with Gasteiger partial charge in [0, 0.05) is 25.9 Å². The van der Waals surface area contributed by atoms with E-state index in [4.69, 9.17) is 11.5 Å². The van der Waals surface area contributed by atoms with Gasteiger partial charge in [0.2, 0.25) is 5.91 Å². The highest BCUT2D eigenvalue weighted by atomic mass is 19.1. The number of amides is 3. The summed E-state index contributed by atoms with van der Waals surface area (Å²) in [6, 6.07) is 4.54. The lowest BCUT2D eigenvalue weighted by molar-refractivity contribution is -0.119. The van der Waals surface area contributed by atoms with Crippen molar-refractivity contribution in [3.8, 4) is 0 Å². The minimum Gasteiger partial charge on any atom is -0.398 e. The van der Waals surface area contributed by atoms with Crippen molar-refractivity contribution >= 4 is 23.4 Å². The number of hydrogen-bond acceptors (Lipinski definition) is 6. The van der Waals surface area contributed by atoms with Crippen molar-refractivity contribution < 1.29 is 20.2 Å². The van der Waals surface area contributed by atoms with E-state index >= 15 is 0 Å². The molecule has 5 N–H and O–H groups in total. The van der Waals surface area contributed by atoms with Crippen molar-refractivity contribution in [3.05, 3.63) is 82.2 Å². The lowest BCUT2D eigenvalue weighted by atomic mass is 9.97. The van der Waals surface area contributed by atoms with Crippen molar-refractivity contribution in [2.45, 2.75) is 13.3 Å². The fourth-order valence-electron chi connectivity index (χ4n) is 3.13. The summed E-state index contributed by atoms with van der Waals surface area (Å²) in [5.74, 6) is -1.83. The summed E-state index contributed by atoms with van der Waals surface area (Å²) < 4.78 is 13.2. The molecule has 1 aliphatic heterocycles. The number of imide groups is 1. The normalized spacial score (nSPS) is 14.2. The molecule has 0 unspecified atom stereocenters. The number of hydrogen-bond donors (Lipinski definition) is 3. The maximum atomic E-state index is 13.2. The second-order valence-corrected chi connectivity index (χ2v) is 6.88. The van der Waals surface area contributed by atoms with Crippen LogP contribution in [0.4, 0.5) is 4.39 Å². The molecule has 0 radical (unpaired) electrons. The number of fused-ring (bicyclic) bond motifs is 1. The van der Waals surface area contributed by atoms with Gasteiger partial charge >= 0.3 is 0 Å². The molecule has 8 nitrogen and oxygen atoms in total. The maximum absolute atomic E-state index is 13.2. The molecule has 0 aliphatic carbocycles. The van der Waals surface area contributed by atoms with Crippen LogP contribution in [-0.4, -0.2) is 34.7 Å². The minimum absolute atomic E-state index is 0. The van der Waals surface area contributed by atoms with Crippen LogP contribution in [0, 0.1) is 12.7 Å². The van der Waals surface area contributed by atoms with Gasteiger partial charge in [-0.2, -0.15) is 0 Å². The van der Waals surface area contributed by atoms with E-state index in [-0.39, 0.29) is 30.5 Å². The predicted octanol–water partition coefficient (Wildman–Crippen LogP) is 1.46. The Bertz CT molecular complexity index is 1130. The fourth-order valence-corrected chi connectivity index (χ4v) is 3.13. The van der Waals surface area contributed by atoms with Crippen LogP contribution >= 0.6 is 0 Å². The average molecular weight is 411 g/mol. The second kappa shape index (κ2) is 8.16. The number of halogens is 1. The summed E-state index contributed by atoms with van der Waals surface area (Å²) in [4.78, 5) is 41.7. The Labute approximate surface area is 173 Å². The molecule has 3 rings (SSSR count). The summed E-state index contributed by atoms with van der Waals surface area (Å²) in [6.07, 6.45) is 5.08. The van der Waals surface area contributed by atoms with Crippen LogP contribution in [0.15, 0.2) is 48.6 Å². The molecule has 0 atom stereocenters. The Morgan fingerprint density at radius 2 is 1.93 bits per heavy atom. The fraction of sp³-hybridized carbons (Fsp3) is 0.143. The molecule has 1 aliphatic rings. The van der Waals surface area contributed by atoms with Crippen molar-refractivity contribution in [1.29, 1.82) is 0 Å². The first-order valence-electron chi connectivity index (χ1n) is 8.97. The van der Waals surface area contributed by atoms with Crippen molar-refractivity contribution in [3.63, 3.8) is 0 Å². The van der Waals surface area contributed by atoms with E-state index in [1.807, 2.05) is 0 Å². The monoisotopic (exact) mass is 411 g/mol. The van der Waals surface area contributed by atoms with Crippen LogP contribution in [0.1, 0.15) is 38.8 Å². The van der Waals surface area contributed by atoms with Crippen LogP contribution in [0.5, 0.6) is 0 Å². The number of pyridine rings is 1. The number of benzene rings is 1. The third kappa shape index (κ3) is 4.19. The van der Waals surface area contributed by atoms with E-state index in [9.17, 15) is 18.8 Å². The molecule has 0 saturated carbocycles. The van der Waals surface area contributed by atoms with Crippen LogP contribution in [0.3, 0.4) is 0 Å². The first kappa shape index (κ1) is 20.7. The second-order valence-electron chi connectivity index (χ2n) is 6.88. The SMILES string of the molecule is Cc1cc(CC(=O)N/C(N)=C/C=C(\N)c2cncc(F)c2)c2c(c1)C(=O)N(C)C2=O.[HH]. The molecule has 156 valence electrons. The molecule has 1 aromatic heterocycles. The molecule has 0 saturated heterocycles. The van der Waals surface area contributed by atoms with Crippen LogP contribution < -0.4 is 16.8 Å². The molecule has 0 bridgehead atoms. The number of allylic oxidation sites excluding steroid dienone is 2. The highest BCUT2D eigenvalue weighted by Crippen LogP contribution is 2.27. The van der Waals surface area contributed by atoms with E-state index in [2.05, 4.69) is 10.3 Å². The van der Waals surface area contributed by atoms with Gasteiger partial charge < -0.3 is 16.8 Å². The quantitative estimate of drug-likeness (QED) is 0.504. The van der Waals surface area contributed by atoms with Gasteiger partial charge in [-0.05, 0) is 42.3 Å². The average Bonchev–Trinajstić information content (AvgIpc) is 2.90. The molecular weight excluding hydrogens is 389 g/mol. The Kier molecular flexibility index (Phi) is 5.63. The maximum Gasteiger partial charge on any atom is 0.261 e. The van der Waals surface area contributed by atoms with Crippen molar-refractivity contribution in [2.75, 3.05) is 7.05 Å². The zero-order valence-electron chi connectivity index (χ0n) is 16.4. The van der Waals surface area contributed by atoms with Gasteiger partial charge in [-0.25, -0.2) is 4.39 Å². The van der Waals surface area contributed by atoms with Gasteiger partial charge in [-0.3, -0.25) is 24.3 Å². The van der Waals surface area contributed by atoms with Crippen LogP contribution in [0.25, 0.3) is 5.70 Å². The van der Waals surface area contributed by atoms with Crippen LogP contribution in [-0.2, 0) is 11.2 Å². The number of aromatic nitrogens is 1. The Morgan fingerprint density at radius 3 is 2.63 bits per heavy atom. The first-order valence-corrected chi connectivity index (χ1v) is 8.97. The third-order valence-corrected chi connectivity index (χ3v) is 4.53. The summed E-state index contributed by atoms with van der Waals surface area (Å²) >= 11 is 0.